The second-order valence-corrected chi connectivity index (χ2v) is 8.61. The number of nitro groups is 1. The summed E-state index contributed by atoms with van der Waals surface area (Å²) in [6.45, 7) is 4.01. The number of anilines is 3. The first kappa shape index (κ1) is 23.2. The molecule has 2 heterocycles. The van der Waals surface area contributed by atoms with E-state index >= 15 is 0 Å². The Kier molecular flexibility index (Phi) is 7.26. The maximum absolute atomic E-state index is 13.1. The molecule has 11 heteroatoms. The van der Waals surface area contributed by atoms with E-state index < -0.39 is 10.8 Å². The summed E-state index contributed by atoms with van der Waals surface area (Å²) in [7, 11) is 0. The number of morpholine rings is 1. The van der Waals surface area contributed by atoms with E-state index in [9.17, 15) is 14.9 Å². The molecule has 33 heavy (non-hydrogen) atoms. The third-order valence-electron chi connectivity index (χ3n) is 5.67. The van der Waals surface area contributed by atoms with Crippen LogP contribution in [0.2, 0.25) is 5.02 Å². The van der Waals surface area contributed by atoms with Gasteiger partial charge in [-0.05, 0) is 43.3 Å². The minimum absolute atomic E-state index is 0.0853. The standard InChI is InChI=1S/C22H24ClN5O4S/c23-17-4-3-5-18(20(17)27-8-1-2-9-27)24-22(33)25-21(29)16-14-15(28(30)31)6-7-19(16)26-10-12-32-13-11-26/h3-7,14H,1-2,8-13H2,(H2,24,25,29,33). The monoisotopic (exact) mass is 489 g/mol. The number of thiocarbonyl (C=S) groups is 1. The van der Waals surface area contributed by atoms with E-state index in [1.807, 2.05) is 23.1 Å². The van der Waals surface area contributed by atoms with Crippen molar-refractivity contribution in [2.24, 2.45) is 0 Å². The molecule has 2 N–H and O–H groups in total. The Morgan fingerprint density at radius 1 is 1.09 bits per heavy atom. The molecule has 2 aliphatic heterocycles. The van der Waals surface area contributed by atoms with E-state index in [0.29, 0.717) is 42.7 Å². The number of nitrogens with one attached hydrogen (secondary N) is 2. The van der Waals surface area contributed by atoms with Crippen LogP contribution in [0.4, 0.5) is 22.7 Å². The molecule has 0 bridgehead atoms. The number of para-hydroxylation sites is 1. The van der Waals surface area contributed by atoms with E-state index in [1.54, 1.807) is 6.07 Å². The number of hydrogen-bond acceptors (Lipinski definition) is 7. The molecule has 2 aliphatic rings. The van der Waals surface area contributed by atoms with Gasteiger partial charge in [-0.2, -0.15) is 0 Å². The highest BCUT2D eigenvalue weighted by Crippen LogP contribution is 2.36. The first-order valence-electron chi connectivity index (χ1n) is 10.7. The van der Waals surface area contributed by atoms with Crippen LogP contribution in [0.25, 0.3) is 0 Å². The maximum atomic E-state index is 13.1. The van der Waals surface area contributed by atoms with Crippen LogP contribution in [-0.2, 0) is 4.74 Å². The molecule has 0 aromatic heterocycles. The van der Waals surface area contributed by atoms with Gasteiger partial charge in [0.1, 0.15) is 0 Å². The molecule has 0 radical (unpaired) electrons. The predicted octanol–water partition coefficient (Wildman–Crippen LogP) is 3.81. The van der Waals surface area contributed by atoms with Crippen molar-refractivity contribution < 1.29 is 14.5 Å². The number of carbonyl (C=O) groups excluding carboxylic acids is 1. The van der Waals surface area contributed by atoms with Gasteiger partial charge < -0.3 is 19.9 Å². The number of non-ortho nitro benzene ring substituents is 1. The van der Waals surface area contributed by atoms with Crippen molar-refractivity contribution >= 4 is 57.6 Å². The number of nitro benzene ring substituents is 1. The number of ether oxygens (including phenoxy) is 1. The zero-order chi connectivity index (χ0) is 23.4. The van der Waals surface area contributed by atoms with E-state index in [2.05, 4.69) is 15.5 Å². The fourth-order valence-corrected chi connectivity index (χ4v) is 4.60. The highest BCUT2D eigenvalue weighted by atomic mass is 35.5. The largest absolute Gasteiger partial charge is 0.378 e. The van der Waals surface area contributed by atoms with Crippen molar-refractivity contribution in [3.05, 3.63) is 57.1 Å². The van der Waals surface area contributed by atoms with Gasteiger partial charge in [0.2, 0.25) is 0 Å². The second-order valence-electron chi connectivity index (χ2n) is 7.80. The third kappa shape index (κ3) is 5.35. The van der Waals surface area contributed by atoms with Crippen molar-refractivity contribution in [2.45, 2.75) is 12.8 Å². The smallest absolute Gasteiger partial charge is 0.270 e. The van der Waals surface area contributed by atoms with Gasteiger partial charge in [-0.3, -0.25) is 20.2 Å². The van der Waals surface area contributed by atoms with Crippen molar-refractivity contribution in [1.82, 2.24) is 5.32 Å². The number of hydrogen-bond donors (Lipinski definition) is 2. The van der Waals surface area contributed by atoms with Gasteiger partial charge in [0.25, 0.3) is 11.6 Å². The topological polar surface area (TPSA) is 100.0 Å². The lowest BCUT2D eigenvalue weighted by atomic mass is 10.1. The minimum Gasteiger partial charge on any atom is -0.378 e. The van der Waals surface area contributed by atoms with E-state index in [-0.39, 0.29) is 16.4 Å². The average molecular weight is 490 g/mol. The summed E-state index contributed by atoms with van der Waals surface area (Å²) in [5.41, 5.74) is 2.16. The fourth-order valence-electron chi connectivity index (χ4n) is 4.10. The number of carbonyl (C=O) groups is 1. The van der Waals surface area contributed by atoms with Crippen LogP contribution in [0.15, 0.2) is 36.4 Å². The van der Waals surface area contributed by atoms with Crippen LogP contribution in [0.5, 0.6) is 0 Å². The molecule has 0 atom stereocenters. The molecule has 9 nitrogen and oxygen atoms in total. The summed E-state index contributed by atoms with van der Waals surface area (Å²) in [4.78, 5) is 28.1. The molecular weight excluding hydrogens is 466 g/mol. The maximum Gasteiger partial charge on any atom is 0.270 e. The molecule has 0 unspecified atom stereocenters. The lowest BCUT2D eigenvalue weighted by molar-refractivity contribution is -0.384. The molecule has 2 saturated heterocycles. The Bertz CT molecular complexity index is 1070. The van der Waals surface area contributed by atoms with Gasteiger partial charge in [0.15, 0.2) is 5.11 Å². The number of halogens is 1. The molecule has 4 rings (SSSR count). The van der Waals surface area contributed by atoms with Crippen molar-refractivity contribution in [3.63, 3.8) is 0 Å². The van der Waals surface area contributed by atoms with Gasteiger partial charge in [0, 0.05) is 38.3 Å². The van der Waals surface area contributed by atoms with Crippen LogP contribution in [0, 0.1) is 10.1 Å². The number of nitrogens with zero attached hydrogens (tertiary/aromatic N) is 3. The zero-order valence-electron chi connectivity index (χ0n) is 17.9. The van der Waals surface area contributed by atoms with Crippen LogP contribution < -0.4 is 20.4 Å². The van der Waals surface area contributed by atoms with E-state index in [1.165, 1.54) is 12.1 Å². The Morgan fingerprint density at radius 3 is 2.52 bits per heavy atom. The van der Waals surface area contributed by atoms with Crippen LogP contribution in [0.3, 0.4) is 0 Å². The van der Waals surface area contributed by atoms with Gasteiger partial charge in [0.05, 0.1) is 45.8 Å². The fraction of sp³-hybridized carbons (Fsp3) is 0.364. The van der Waals surface area contributed by atoms with Gasteiger partial charge in [-0.25, -0.2) is 0 Å². The Morgan fingerprint density at radius 2 is 1.82 bits per heavy atom. The molecule has 0 aliphatic carbocycles. The van der Waals surface area contributed by atoms with Gasteiger partial charge >= 0.3 is 0 Å². The second kappa shape index (κ2) is 10.3. The molecule has 2 fully saturated rings. The highest BCUT2D eigenvalue weighted by molar-refractivity contribution is 7.80. The van der Waals surface area contributed by atoms with Crippen molar-refractivity contribution in [3.8, 4) is 0 Å². The van der Waals surface area contributed by atoms with Gasteiger partial charge in [-0.15, -0.1) is 0 Å². The number of benzene rings is 2. The molecule has 2 aromatic rings. The van der Waals surface area contributed by atoms with Crippen LogP contribution in [0.1, 0.15) is 23.2 Å². The minimum atomic E-state index is -0.526. The SMILES string of the molecule is O=C(NC(=S)Nc1cccc(Cl)c1N1CCCC1)c1cc([N+](=O)[O-])ccc1N1CCOCC1. The van der Waals surface area contributed by atoms with Gasteiger partial charge in [-0.1, -0.05) is 17.7 Å². The van der Waals surface area contributed by atoms with Crippen LogP contribution >= 0.6 is 23.8 Å². The number of rotatable bonds is 5. The third-order valence-corrected chi connectivity index (χ3v) is 6.18. The molecular formula is C22H24ClN5O4S. The molecule has 1 amide bonds. The number of amides is 1. The summed E-state index contributed by atoms with van der Waals surface area (Å²) in [5, 5.41) is 17.7. The quantitative estimate of drug-likeness (QED) is 0.371. The van der Waals surface area contributed by atoms with Crippen molar-refractivity contribution in [1.29, 1.82) is 0 Å². The van der Waals surface area contributed by atoms with E-state index in [0.717, 1.165) is 31.6 Å². The summed E-state index contributed by atoms with van der Waals surface area (Å²) in [5.74, 6) is -0.526. The summed E-state index contributed by atoms with van der Waals surface area (Å²) < 4.78 is 5.38. The normalized spacial score (nSPS) is 15.9. The summed E-state index contributed by atoms with van der Waals surface area (Å²) >= 11 is 11.9. The van der Waals surface area contributed by atoms with E-state index in [4.69, 9.17) is 28.6 Å². The Balaban J connectivity index is 1.55. The van der Waals surface area contributed by atoms with Crippen LogP contribution in [-0.4, -0.2) is 55.3 Å². The molecule has 0 spiro atoms. The molecule has 0 saturated carbocycles. The first-order chi connectivity index (χ1) is 15.9. The van der Waals surface area contributed by atoms with Crippen molar-refractivity contribution in [2.75, 3.05) is 54.5 Å². The zero-order valence-corrected chi connectivity index (χ0v) is 19.5. The lowest BCUT2D eigenvalue weighted by Crippen LogP contribution is -2.39. The average Bonchev–Trinajstić information content (AvgIpc) is 3.33. The molecule has 2 aromatic carbocycles. The Hall–Kier alpha value is -2.95. The predicted molar refractivity (Wildman–Crippen MR) is 133 cm³/mol. The summed E-state index contributed by atoms with van der Waals surface area (Å²) in [6, 6.07) is 9.75. The molecule has 174 valence electrons. The Labute approximate surface area is 201 Å². The lowest BCUT2D eigenvalue weighted by Gasteiger charge is -2.30. The summed E-state index contributed by atoms with van der Waals surface area (Å²) in [6.07, 6.45) is 2.17. The highest BCUT2D eigenvalue weighted by Gasteiger charge is 2.24. The first-order valence-corrected chi connectivity index (χ1v) is 11.5.